The average molecular weight is 543 g/mol. The first-order valence-corrected chi connectivity index (χ1v) is 13.1. The van der Waals surface area contributed by atoms with Gasteiger partial charge in [-0.25, -0.2) is 9.78 Å². The van der Waals surface area contributed by atoms with E-state index in [1.54, 1.807) is 62.5 Å². The van der Waals surface area contributed by atoms with Gasteiger partial charge in [0.15, 0.2) is 0 Å². The second-order valence-electron chi connectivity index (χ2n) is 9.86. The Hall–Kier alpha value is -4.55. The quantitative estimate of drug-likeness (QED) is 0.459. The number of ether oxygens (including phenoxy) is 2. The summed E-state index contributed by atoms with van der Waals surface area (Å²) in [6.45, 7) is 4.12. The number of urea groups is 1. The Bertz CT molecular complexity index is 1400. The van der Waals surface area contributed by atoms with E-state index in [0.29, 0.717) is 23.5 Å². The van der Waals surface area contributed by atoms with Crippen LogP contribution in [-0.2, 0) is 0 Å². The molecule has 0 saturated carbocycles. The van der Waals surface area contributed by atoms with Crippen LogP contribution in [0.25, 0.3) is 0 Å². The van der Waals surface area contributed by atoms with E-state index in [1.165, 1.54) is 4.90 Å². The summed E-state index contributed by atoms with van der Waals surface area (Å²) in [7, 11) is 3.25. The average Bonchev–Trinajstić information content (AvgIpc) is 2.98. The third kappa shape index (κ3) is 6.90. The third-order valence-corrected chi connectivity index (χ3v) is 6.77. The maximum atomic E-state index is 13.6. The van der Waals surface area contributed by atoms with Crippen LogP contribution < -0.4 is 14.8 Å². The number of aromatic nitrogens is 1. The van der Waals surface area contributed by atoms with Crippen LogP contribution in [0.15, 0.2) is 66.9 Å². The molecule has 2 aromatic carbocycles. The van der Waals surface area contributed by atoms with E-state index in [1.807, 2.05) is 37.3 Å². The molecule has 0 unspecified atom stereocenters. The van der Waals surface area contributed by atoms with E-state index >= 15 is 0 Å². The molecule has 0 spiro atoms. The van der Waals surface area contributed by atoms with Crippen molar-refractivity contribution in [2.24, 2.45) is 5.92 Å². The van der Waals surface area contributed by atoms with E-state index in [4.69, 9.17) is 9.47 Å². The van der Waals surface area contributed by atoms with Crippen LogP contribution in [0.2, 0.25) is 0 Å². The van der Waals surface area contributed by atoms with Crippen LogP contribution in [0.4, 0.5) is 10.5 Å². The Labute approximate surface area is 234 Å². The highest BCUT2D eigenvalue weighted by atomic mass is 16.5. The van der Waals surface area contributed by atoms with E-state index in [2.05, 4.69) is 22.1 Å². The SMILES string of the molecule is COc1cccc(NC(=O)N(C)C[C@@H]2Oc3ncc(C#Cc4ccccc4)cc3C(=O)N([C@@H](C)CO)C[C@@H]2C)c1. The number of anilines is 1. The minimum Gasteiger partial charge on any atom is -0.497 e. The number of aliphatic hydroxyl groups excluding tert-OH is 1. The summed E-state index contributed by atoms with van der Waals surface area (Å²) in [4.78, 5) is 34.2. The number of likely N-dealkylation sites (N-methyl/N-ethyl adjacent to an activating group) is 1. The minimum atomic E-state index is -0.477. The van der Waals surface area contributed by atoms with Gasteiger partial charge in [0.2, 0.25) is 5.88 Å². The minimum absolute atomic E-state index is 0.169. The van der Waals surface area contributed by atoms with Crippen molar-refractivity contribution in [1.82, 2.24) is 14.8 Å². The number of pyridine rings is 1. The molecule has 3 aromatic rings. The highest BCUT2D eigenvalue weighted by Gasteiger charge is 2.34. The zero-order valence-corrected chi connectivity index (χ0v) is 23.1. The van der Waals surface area contributed by atoms with Crippen molar-refractivity contribution in [3.63, 3.8) is 0 Å². The zero-order valence-electron chi connectivity index (χ0n) is 23.1. The van der Waals surface area contributed by atoms with Crippen molar-refractivity contribution < 1.29 is 24.2 Å². The highest BCUT2D eigenvalue weighted by molar-refractivity contribution is 5.97. The lowest BCUT2D eigenvalue weighted by atomic mass is 10.00. The standard InChI is InChI=1S/C31H34N4O5/c1-21-18-35(22(2)20-36)30(37)27-15-24(14-13-23-9-6-5-7-10-23)17-32-29(27)40-28(21)19-34(3)31(38)33-25-11-8-12-26(16-25)39-4/h5-12,15-17,21-22,28,36H,18-20H2,1-4H3,(H,33,38)/t21-,22-,28-/m0/s1. The van der Waals surface area contributed by atoms with Gasteiger partial charge in [-0.05, 0) is 37.3 Å². The fourth-order valence-corrected chi connectivity index (χ4v) is 4.33. The fraction of sp³-hybridized carbons (Fsp3) is 0.323. The molecule has 4 rings (SSSR count). The van der Waals surface area contributed by atoms with Crippen LogP contribution in [0, 0.1) is 17.8 Å². The van der Waals surface area contributed by atoms with Gasteiger partial charge in [0.1, 0.15) is 17.4 Å². The Morgan fingerprint density at radius 1 is 1.20 bits per heavy atom. The van der Waals surface area contributed by atoms with E-state index in [0.717, 1.165) is 5.56 Å². The number of hydrogen-bond acceptors (Lipinski definition) is 6. The summed E-state index contributed by atoms with van der Waals surface area (Å²) < 4.78 is 11.5. The molecule has 0 radical (unpaired) electrons. The van der Waals surface area contributed by atoms with Gasteiger partial charge >= 0.3 is 6.03 Å². The number of hydrogen-bond donors (Lipinski definition) is 2. The zero-order chi connectivity index (χ0) is 28.6. The maximum absolute atomic E-state index is 13.6. The molecule has 0 saturated heterocycles. The third-order valence-electron chi connectivity index (χ3n) is 6.77. The van der Waals surface area contributed by atoms with Crippen LogP contribution in [0.5, 0.6) is 11.6 Å². The maximum Gasteiger partial charge on any atom is 0.321 e. The Balaban J connectivity index is 1.59. The van der Waals surface area contributed by atoms with Gasteiger partial charge in [0.05, 0.1) is 26.3 Å². The molecule has 9 nitrogen and oxygen atoms in total. The molecule has 2 N–H and O–H groups in total. The second-order valence-corrected chi connectivity index (χ2v) is 9.86. The first-order chi connectivity index (χ1) is 19.3. The molecule has 1 aliphatic rings. The number of fused-ring (bicyclic) bond motifs is 1. The van der Waals surface area contributed by atoms with Gasteiger partial charge in [-0.1, -0.05) is 43.0 Å². The Morgan fingerprint density at radius 3 is 2.67 bits per heavy atom. The number of carbonyl (C=O) groups is 2. The predicted octanol–water partition coefficient (Wildman–Crippen LogP) is 3.87. The fourth-order valence-electron chi connectivity index (χ4n) is 4.33. The highest BCUT2D eigenvalue weighted by Crippen LogP contribution is 2.27. The van der Waals surface area contributed by atoms with Crippen molar-refractivity contribution in [3.05, 3.63) is 83.6 Å². The molecular formula is C31H34N4O5. The van der Waals surface area contributed by atoms with Crippen molar-refractivity contribution in [3.8, 4) is 23.5 Å². The van der Waals surface area contributed by atoms with Gasteiger partial charge in [0, 0.05) is 48.6 Å². The summed E-state index contributed by atoms with van der Waals surface area (Å²) >= 11 is 0. The molecule has 9 heteroatoms. The summed E-state index contributed by atoms with van der Waals surface area (Å²) in [5.74, 6) is 6.49. The number of nitrogens with one attached hydrogen (secondary N) is 1. The largest absolute Gasteiger partial charge is 0.497 e. The van der Waals surface area contributed by atoms with E-state index in [-0.39, 0.29) is 42.5 Å². The van der Waals surface area contributed by atoms with Gasteiger partial charge < -0.3 is 29.7 Å². The van der Waals surface area contributed by atoms with Gasteiger partial charge in [-0.3, -0.25) is 4.79 Å². The first-order valence-electron chi connectivity index (χ1n) is 13.1. The van der Waals surface area contributed by atoms with Crippen LogP contribution in [0.3, 0.4) is 0 Å². The summed E-state index contributed by atoms with van der Waals surface area (Å²) in [5.41, 5.74) is 2.28. The molecule has 3 amide bonds. The number of methoxy groups -OCH3 is 1. The molecular weight excluding hydrogens is 508 g/mol. The number of rotatable bonds is 6. The van der Waals surface area contributed by atoms with Crippen molar-refractivity contribution >= 4 is 17.6 Å². The Morgan fingerprint density at radius 2 is 1.95 bits per heavy atom. The van der Waals surface area contributed by atoms with Crippen LogP contribution >= 0.6 is 0 Å². The molecule has 1 aromatic heterocycles. The lowest BCUT2D eigenvalue weighted by Crippen LogP contribution is -2.50. The summed E-state index contributed by atoms with van der Waals surface area (Å²) in [6.07, 6.45) is 1.10. The molecule has 0 fully saturated rings. The number of aliphatic hydroxyl groups is 1. The molecule has 0 aliphatic carbocycles. The lowest BCUT2D eigenvalue weighted by molar-refractivity contribution is 0.0356. The molecule has 2 heterocycles. The monoisotopic (exact) mass is 542 g/mol. The number of carbonyl (C=O) groups excluding carboxylic acids is 2. The normalized spacial score (nSPS) is 17.2. The molecule has 3 atom stereocenters. The lowest BCUT2D eigenvalue weighted by Gasteiger charge is -2.37. The number of nitrogens with zero attached hydrogens (tertiary/aromatic N) is 3. The Kier molecular flexibility index (Phi) is 9.25. The molecule has 208 valence electrons. The van der Waals surface area contributed by atoms with Crippen molar-refractivity contribution in [2.45, 2.75) is 26.0 Å². The number of benzene rings is 2. The predicted molar refractivity (Wildman–Crippen MR) is 152 cm³/mol. The number of amides is 3. The molecule has 1 aliphatic heterocycles. The van der Waals surface area contributed by atoms with Gasteiger partial charge in [-0.2, -0.15) is 0 Å². The smallest absolute Gasteiger partial charge is 0.321 e. The second kappa shape index (κ2) is 13.0. The van der Waals surface area contributed by atoms with Gasteiger partial charge in [-0.15, -0.1) is 0 Å². The van der Waals surface area contributed by atoms with Gasteiger partial charge in [0.25, 0.3) is 5.91 Å². The van der Waals surface area contributed by atoms with Crippen LogP contribution in [-0.4, -0.2) is 77.8 Å². The van der Waals surface area contributed by atoms with E-state index < -0.39 is 12.1 Å². The van der Waals surface area contributed by atoms with Crippen molar-refractivity contribution in [2.75, 3.05) is 39.2 Å². The summed E-state index contributed by atoms with van der Waals surface area (Å²) in [5, 5.41) is 12.8. The topological polar surface area (TPSA) is 104 Å². The summed E-state index contributed by atoms with van der Waals surface area (Å²) in [6, 6.07) is 17.6. The van der Waals surface area contributed by atoms with Crippen LogP contribution in [0.1, 0.15) is 35.3 Å². The van der Waals surface area contributed by atoms with E-state index in [9.17, 15) is 14.7 Å². The first kappa shape index (κ1) is 28.5. The van der Waals surface area contributed by atoms with Crippen molar-refractivity contribution in [1.29, 1.82) is 0 Å². The molecule has 40 heavy (non-hydrogen) atoms. The molecule has 0 bridgehead atoms.